The SMILES string of the molecule is CC(C)(C)c1cccc2c1CCC[C@]2(O[SiH](c1ccccc1)c1ccccc1)N1CCC[C@H]1c1nc(-c2ccccc2)c(-c2ccccc2)o1. The molecule has 1 aromatic heterocycles. The molecule has 0 N–H and O–H groups in total. The molecule has 252 valence electrons. The first-order valence-electron chi connectivity index (χ1n) is 18.2. The van der Waals surface area contributed by atoms with E-state index in [0.717, 1.165) is 67.1 Å². The Morgan fingerprint density at radius 1 is 0.720 bits per heavy atom. The Kier molecular flexibility index (Phi) is 8.90. The van der Waals surface area contributed by atoms with Gasteiger partial charge in [-0.25, -0.2) is 4.98 Å². The third kappa shape index (κ3) is 6.08. The Balaban J connectivity index is 1.31. The molecular weight excluding hydrogens is 629 g/mol. The summed E-state index contributed by atoms with van der Waals surface area (Å²) >= 11 is 0. The molecule has 4 nitrogen and oxygen atoms in total. The molecule has 8 rings (SSSR count). The molecule has 1 aliphatic heterocycles. The second-order valence-corrected chi connectivity index (χ2v) is 17.2. The molecular formula is C45H46N2O2Si. The lowest BCUT2D eigenvalue weighted by atomic mass is 9.75. The molecule has 5 aromatic carbocycles. The maximum absolute atomic E-state index is 7.98. The van der Waals surface area contributed by atoms with Crippen LogP contribution >= 0.6 is 0 Å². The van der Waals surface area contributed by atoms with Gasteiger partial charge in [0.05, 0.1) is 6.04 Å². The van der Waals surface area contributed by atoms with Gasteiger partial charge < -0.3 is 8.84 Å². The summed E-state index contributed by atoms with van der Waals surface area (Å²) in [5, 5.41) is 2.59. The van der Waals surface area contributed by atoms with E-state index in [9.17, 15) is 0 Å². The van der Waals surface area contributed by atoms with Crippen molar-refractivity contribution in [2.75, 3.05) is 6.54 Å². The van der Waals surface area contributed by atoms with Crippen LogP contribution in [0.15, 0.2) is 144 Å². The van der Waals surface area contributed by atoms with Crippen LogP contribution in [0.3, 0.4) is 0 Å². The summed E-state index contributed by atoms with van der Waals surface area (Å²) in [5.41, 5.74) is 6.59. The largest absolute Gasteiger partial charge is 0.438 e. The second kappa shape index (κ2) is 13.6. The summed E-state index contributed by atoms with van der Waals surface area (Å²) in [6, 6.07) is 49.7. The van der Waals surface area contributed by atoms with E-state index in [1.165, 1.54) is 27.1 Å². The topological polar surface area (TPSA) is 38.5 Å². The van der Waals surface area contributed by atoms with E-state index in [4.69, 9.17) is 13.8 Å². The molecule has 0 amide bonds. The van der Waals surface area contributed by atoms with Crippen molar-refractivity contribution in [1.29, 1.82) is 0 Å². The lowest BCUT2D eigenvalue weighted by Crippen LogP contribution is -2.58. The van der Waals surface area contributed by atoms with Gasteiger partial charge >= 0.3 is 0 Å². The fourth-order valence-electron chi connectivity index (χ4n) is 8.34. The number of likely N-dealkylation sites (tertiary alicyclic amines) is 1. The smallest absolute Gasteiger partial charge is 0.242 e. The summed E-state index contributed by atoms with van der Waals surface area (Å²) in [4.78, 5) is 8.02. The minimum Gasteiger partial charge on any atom is -0.438 e. The van der Waals surface area contributed by atoms with Gasteiger partial charge in [0.25, 0.3) is 0 Å². The van der Waals surface area contributed by atoms with Gasteiger partial charge in [-0.15, -0.1) is 0 Å². The van der Waals surface area contributed by atoms with Crippen molar-refractivity contribution in [3.63, 3.8) is 0 Å². The average Bonchev–Trinajstić information content (AvgIpc) is 3.84. The van der Waals surface area contributed by atoms with E-state index in [-0.39, 0.29) is 11.5 Å². The van der Waals surface area contributed by atoms with Crippen LogP contribution in [0.1, 0.15) is 75.1 Å². The second-order valence-electron chi connectivity index (χ2n) is 14.9. The molecule has 5 heteroatoms. The van der Waals surface area contributed by atoms with Crippen LogP contribution < -0.4 is 10.4 Å². The predicted molar refractivity (Wildman–Crippen MR) is 206 cm³/mol. The molecule has 1 saturated heterocycles. The Labute approximate surface area is 298 Å². The van der Waals surface area contributed by atoms with Crippen molar-refractivity contribution in [1.82, 2.24) is 9.88 Å². The Morgan fingerprint density at radius 2 is 1.32 bits per heavy atom. The van der Waals surface area contributed by atoms with E-state index in [2.05, 4.69) is 165 Å². The van der Waals surface area contributed by atoms with Crippen LogP contribution in [-0.2, 0) is 22.0 Å². The standard InChI is InChI=1S/C45H46N2O2Si/c1-44(2,3)38-28-16-29-39-37(38)27-17-31-45(39,49-50(35-23-12-6-13-24-35)36-25-14-7-15-26-36)47-32-18-30-40(47)43-46-41(33-19-8-4-9-20-33)42(48-43)34-21-10-5-11-22-34/h4-16,19-26,28-29,40,50H,17-18,27,30-32H2,1-3H3/t40-,45+/m0/s1. The summed E-state index contributed by atoms with van der Waals surface area (Å²) in [6.07, 6.45) is 5.06. The molecule has 0 unspecified atom stereocenters. The Hall–Kier alpha value is -4.55. The fourth-order valence-corrected chi connectivity index (χ4v) is 10.9. The molecule has 0 radical (unpaired) electrons. The van der Waals surface area contributed by atoms with Gasteiger partial charge in [0, 0.05) is 23.2 Å². The number of rotatable bonds is 8. The number of benzene rings is 5. The van der Waals surface area contributed by atoms with Gasteiger partial charge in [-0.1, -0.05) is 160 Å². The van der Waals surface area contributed by atoms with Gasteiger partial charge in [0.2, 0.25) is 14.9 Å². The van der Waals surface area contributed by atoms with Crippen LogP contribution in [0.4, 0.5) is 0 Å². The molecule has 1 fully saturated rings. The van der Waals surface area contributed by atoms with E-state index in [1.807, 2.05) is 0 Å². The third-order valence-corrected chi connectivity index (χ3v) is 13.2. The monoisotopic (exact) mass is 674 g/mol. The summed E-state index contributed by atoms with van der Waals surface area (Å²) in [5.74, 6) is 1.61. The molecule has 2 aliphatic rings. The zero-order chi connectivity index (χ0) is 34.1. The predicted octanol–water partition coefficient (Wildman–Crippen LogP) is 9.19. The van der Waals surface area contributed by atoms with E-state index >= 15 is 0 Å². The zero-order valence-electron chi connectivity index (χ0n) is 29.4. The highest BCUT2D eigenvalue weighted by molar-refractivity contribution is 6.80. The first kappa shape index (κ1) is 32.6. The molecule has 0 saturated carbocycles. The van der Waals surface area contributed by atoms with Crippen molar-refractivity contribution in [2.45, 2.75) is 70.1 Å². The van der Waals surface area contributed by atoms with Gasteiger partial charge in [-0.05, 0) is 59.0 Å². The molecule has 0 bridgehead atoms. The van der Waals surface area contributed by atoms with Crippen LogP contribution in [-0.4, -0.2) is 25.5 Å². The lowest BCUT2D eigenvalue weighted by molar-refractivity contribution is -0.118. The van der Waals surface area contributed by atoms with E-state index in [0.29, 0.717) is 0 Å². The molecule has 0 spiro atoms. The number of oxazole rings is 1. The first-order valence-corrected chi connectivity index (χ1v) is 19.8. The number of hydrogen-bond donors (Lipinski definition) is 0. The highest BCUT2D eigenvalue weighted by Crippen LogP contribution is 2.51. The summed E-state index contributed by atoms with van der Waals surface area (Å²) < 4.78 is 14.9. The first-order chi connectivity index (χ1) is 24.4. The lowest BCUT2D eigenvalue weighted by Gasteiger charge is -2.50. The van der Waals surface area contributed by atoms with Gasteiger partial charge in [-0.2, -0.15) is 0 Å². The van der Waals surface area contributed by atoms with Crippen molar-refractivity contribution in [3.05, 3.63) is 162 Å². The molecule has 50 heavy (non-hydrogen) atoms. The minimum absolute atomic E-state index is 0.0201. The molecule has 2 heterocycles. The van der Waals surface area contributed by atoms with Crippen molar-refractivity contribution in [3.8, 4) is 22.6 Å². The van der Waals surface area contributed by atoms with Crippen LogP contribution in [0.25, 0.3) is 22.6 Å². The highest BCUT2D eigenvalue weighted by atomic mass is 28.3. The maximum atomic E-state index is 7.98. The van der Waals surface area contributed by atoms with Crippen LogP contribution in [0.2, 0.25) is 0 Å². The van der Waals surface area contributed by atoms with Gasteiger partial charge in [0.15, 0.2) is 5.76 Å². The Bertz CT molecular complexity index is 1940. The average molecular weight is 675 g/mol. The molecule has 6 aromatic rings. The fraction of sp³-hybridized carbons (Fsp3) is 0.267. The maximum Gasteiger partial charge on any atom is 0.242 e. The summed E-state index contributed by atoms with van der Waals surface area (Å²) in [7, 11) is -2.18. The van der Waals surface area contributed by atoms with Crippen LogP contribution in [0, 0.1) is 0 Å². The quantitative estimate of drug-likeness (QED) is 0.151. The number of fused-ring (bicyclic) bond motifs is 1. The molecule has 1 aliphatic carbocycles. The van der Waals surface area contributed by atoms with Crippen LogP contribution in [0.5, 0.6) is 0 Å². The zero-order valence-corrected chi connectivity index (χ0v) is 30.5. The number of aromatic nitrogens is 1. The van der Waals surface area contributed by atoms with Crippen molar-refractivity contribution < 1.29 is 8.84 Å². The van der Waals surface area contributed by atoms with E-state index < -0.39 is 14.8 Å². The van der Waals surface area contributed by atoms with Gasteiger partial charge in [-0.3, -0.25) is 4.90 Å². The third-order valence-electron chi connectivity index (χ3n) is 10.6. The number of nitrogens with zero attached hydrogens (tertiary/aromatic N) is 2. The normalized spacial score (nSPS) is 19.5. The minimum atomic E-state index is -2.18. The summed E-state index contributed by atoms with van der Waals surface area (Å²) in [6.45, 7) is 7.94. The van der Waals surface area contributed by atoms with Crippen molar-refractivity contribution in [2.24, 2.45) is 0 Å². The molecule has 2 atom stereocenters. The number of hydrogen-bond acceptors (Lipinski definition) is 4. The van der Waals surface area contributed by atoms with Crippen molar-refractivity contribution >= 4 is 19.4 Å². The van der Waals surface area contributed by atoms with E-state index in [1.54, 1.807) is 0 Å². The highest BCUT2D eigenvalue weighted by Gasteiger charge is 2.51. The van der Waals surface area contributed by atoms with Gasteiger partial charge in [0.1, 0.15) is 11.4 Å². The Morgan fingerprint density at radius 3 is 1.94 bits per heavy atom.